The van der Waals surface area contributed by atoms with Gasteiger partial charge in [-0.1, -0.05) is 48.5 Å². The molecule has 1 aliphatic carbocycles. The van der Waals surface area contributed by atoms with Crippen LogP contribution in [0.1, 0.15) is 87.5 Å². The zero-order chi connectivity index (χ0) is 22.2. The molecule has 1 heterocycles. The van der Waals surface area contributed by atoms with Crippen LogP contribution < -0.4 is 0 Å². The Balaban J connectivity index is 2.13. The maximum Gasteiger partial charge on any atom is 0.309 e. The number of Topliss-reactive ketones (excluding diaryl/α,β-unsaturated/α-hetero) is 1. The fraction of sp³-hybridized carbons (Fsp3) is 0.875. The zero-order valence-electron chi connectivity index (χ0n) is 19.6. The largest absolute Gasteiger partial charge is 0.462 e. The van der Waals surface area contributed by atoms with Gasteiger partial charge in [0.25, 0.3) is 0 Å². The first kappa shape index (κ1) is 23.9. The van der Waals surface area contributed by atoms with Crippen molar-refractivity contribution in [2.45, 2.75) is 93.6 Å². The van der Waals surface area contributed by atoms with Crippen LogP contribution >= 0.6 is 0 Å². The summed E-state index contributed by atoms with van der Waals surface area (Å²) in [7, 11) is 0. The first-order valence-corrected chi connectivity index (χ1v) is 11.0. The summed E-state index contributed by atoms with van der Waals surface area (Å²) in [6.07, 6.45) is 2.93. The molecule has 166 valence electrons. The third-order valence-corrected chi connectivity index (χ3v) is 6.48. The summed E-state index contributed by atoms with van der Waals surface area (Å²) in [5.74, 6) is -0.777. The van der Waals surface area contributed by atoms with Crippen molar-refractivity contribution in [1.29, 1.82) is 0 Å². The summed E-state index contributed by atoms with van der Waals surface area (Å²) >= 11 is 0. The molecular weight excluding hydrogens is 368 g/mol. The van der Waals surface area contributed by atoms with E-state index in [1.165, 1.54) is 0 Å². The molecule has 1 aliphatic heterocycles. The van der Waals surface area contributed by atoms with Crippen LogP contribution in [-0.4, -0.2) is 30.4 Å². The summed E-state index contributed by atoms with van der Waals surface area (Å²) in [4.78, 5) is 38.5. The standard InChI is InChI=1S/C24H40O5/c1-15-9-17-12-24(10-15,11-16(2)29-20(17)26)19(25)14-28-21(27)18(23(6,7)8)13-22(3,4)5/h15-18H,9-14H2,1-8H3. The van der Waals surface area contributed by atoms with Crippen LogP contribution in [0.2, 0.25) is 0 Å². The van der Waals surface area contributed by atoms with Gasteiger partial charge in [0.1, 0.15) is 0 Å². The number of cyclic esters (lactones) is 1. The predicted octanol–water partition coefficient (Wildman–Crippen LogP) is 4.96. The highest BCUT2D eigenvalue weighted by Gasteiger charge is 2.50. The molecule has 0 aromatic heterocycles. The highest BCUT2D eigenvalue weighted by Crippen LogP contribution is 2.49. The number of esters is 2. The Morgan fingerprint density at radius 3 is 2.28 bits per heavy atom. The molecule has 5 atom stereocenters. The quantitative estimate of drug-likeness (QED) is 0.602. The second-order valence-electron chi connectivity index (χ2n) is 11.9. The van der Waals surface area contributed by atoms with Gasteiger partial charge in [0.2, 0.25) is 0 Å². The Morgan fingerprint density at radius 2 is 1.72 bits per heavy atom. The van der Waals surface area contributed by atoms with E-state index >= 15 is 0 Å². The molecule has 2 aliphatic rings. The van der Waals surface area contributed by atoms with Crippen molar-refractivity contribution < 1.29 is 23.9 Å². The Labute approximate surface area is 176 Å². The average molecular weight is 409 g/mol. The minimum atomic E-state index is -0.630. The first-order valence-electron chi connectivity index (χ1n) is 11.0. The number of ether oxygens (including phenoxy) is 2. The van der Waals surface area contributed by atoms with Crippen molar-refractivity contribution in [3.63, 3.8) is 0 Å². The maximum absolute atomic E-state index is 13.3. The van der Waals surface area contributed by atoms with Crippen molar-refractivity contribution in [2.24, 2.45) is 34.0 Å². The Hall–Kier alpha value is -1.39. The van der Waals surface area contributed by atoms with Crippen LogP contribution in [0.25, 0.3) is 0 Å². The average Bonchev–Trinajstić information content (AvgIpc) is 2.62. The minimum absolute atomic E-state index is 0.0138. The van der Waals surface area contributed by atoms with Gasteiger partial charge in [0.15, 0.2) is 12.4 Å². The molecule has 29 heavy (non-hydrogen) atoms. The van der Waals surface area contributed by atoms with E-state index in [1.54, 1.807) is 0 Å². The fourth-order valence-electron chi connectivity index (χ4n) is 5.19. The lowest BCUT2D eigenvalue weighted by molar-refractivity contribution is -0.160. The lowest BCUT2D eigenvalue weighted by atomic mass is 9.62. The van der Waals surface area contributed by atoms with Gasteiger partial charge in [-0.15, -0.1) is 0 Å². The number of carbonyl (C=O) groups is 3. The summed E-state index contributed by atoms with van der Waals surface area (Å²) in [5.41, 5.74) is -0.886. The summed E-state index contributed by atoms with van der Waals surface area (Å²) < 4.78 is 11.1. The minimum Gasteiger partial charge on any atom is -0.462 e. The van der Waals surface area contributed by atoms with Crippen LogP contribution in [-0.2, 0) is 23.9 Å². The Bertz CT molecular complexity index is 639. The van der Waals surface area contributed by atoms with Crippen molar-refractivity contribution in [3.05, 3.63) is 0 Å². The molecule has 0 aromatic carbocycles. The lowest BCUT2D eigenvalue weighted by Gasteiger charge is -2.40. The molecule has 2 fully saturated rings. The highest BCUT2D eigenvalue weighted by atomic mass is 16.5. The Morgan fingerprint density at radius 1 is 1.10 bits per heavy atom. The van der Waals surface area contributed by atoms with Gasteiger partial charge in [0.05, 0.1) is 17.9 Å². The maximum atomic E-state index is 13.3. The van der Waals surface area contributed by atoms with Gasteiger partial charge in [-0.3, -0.25) is 14.4 Å². The molecule has 0 radical (unpaired) electrons. The molecule has 5 unspecified atom stereocenters. The second-order valence-corrected chi connectivity index (χ2v) is 11.9. The van der Waals surface area contributed by atoms with Crippen molar-refractivity contribution in [2.75, 3.05) is 6.61 Å². The molecule has 0 spiro atoms. The number of ketones is 1. The first-order chi connectivity index (χ1) is 13.1. The van der Waals surface area contributed by atoms with Gasteiger partial charge in [-0.05, 0) is 55.8 Å². The number of hydrogen-bond donors (Lipinski definition) is 0. The molecule has 2 rings (SSSR count). The lowest BCUT2D eigenvalue weighted by Crippen LogP contribution is -2.43. The fourth-order valence-corrected chi connectivity index (χ4v) is 5.19. The summed E-state index contributed by atoms with van der Waals surface area (Å²) in [6, 6.07) is 0. The number of rotatable bonds is 5. The Kier molecular flexibility index (Phi) is 6.91. The van der Waals surface area contributed by atoms with Crippen LogP contribution in [0.5, 0.6) is 0 Å². The van der Waals surface area contributed by atoms with E-state index in [0.717, 1.165) is 12.8 Å². The normalized spacial score (nSPS) is 31.4. The summed E-state index contributed by atoms with van der Waals surface area (Å²) in [5, 5.41) is 0. The molecule has 5 heteroatoms. The van der Waals surface area contributed by atoms with Crippen LogP contribution in [0.4, 0.5) is 0 Å². The van der Waals surface area contributed by atoms with E-state index in [2.05, 4.69) is 27.7 Å². The number of carbonyl (C=O) groups excluding carboxylic acids is 3. The smallest absolute Gasteiger partial charge is 0.309 e. The van der Waals surface area contributed by atoms with E-state index in [0.29, 0.717) is 19.3 Å². The van der Waals surface area contributed by atoms with Gasteiger partial charge >= 0.3 is 11.9 Å². The topological polar surface area (TPSA) is 69.7 Å². The van der Waals surface area contributed by atoms with Gasteiger partial charge < -0.3 is 9.47 Å². The van der Waals surface area contributed by atoms with Gasteiger partial charge in [-0.2, -0.15) is 0 Å². The molecule has 0 amide bonds. The molecule has 1 saturated carbocycles. The van der Waals surface area contributed by atoms with E-state index in [9.17, 15) is 14.4 Å². The third-order valence-electron chi connectivity index (χ3n) is 6.48. The van der Waals surface area contributed by atoms with E-state index in [4.69, 9.17) is 9.47 Å². The zero-order valence-corrected chi connectivity index (χ0v) is 19.6. The van der Waals surface area contributed by atoms with Crippen LogP contribution in [0, 0.1) is 34.0 Å². The highest BCUT2D eigenvalue weighted by molar-refractivity contribution is 5.89. The molecule has 1 saturated heterocycles. The van der Waals surface area contributed by atoms with Gasteiger partial charge in [0, 0.05) is 5.41 Å². The molecular formula is C24H40O5. The van der Waals surface area contributed by atoms with Gasteiger partial charge in [-0.25, -0.2) is 0 Å². The molecule has 5 nitrogen and oxygen atoms in total. The molecule has 0 aromatic rings. The van der Waals surface area contributed by atoms with Crippen molar-refractivity contribution >= 4 is 17.7 Å². The number of hydrogen-bond acceptors (Lipinski definition) is 5. The van der Waals surface area contributed by atoms with E-state index in [-0.39, 0.29) is 59.0 Å². The van der Waals surface area contributed by atoms with Crippen molar-refractivity contribution in [3.8, 4) is 0 Å². The van der Waals surface area contributed by atoms with Crippen LogP contribution in [0.15, 0.2) is 0 Å². The van der Waals surface area contributed by atoms with E-state index in [1.807, 2.05) is 27.7 Å². The van der Waals surface area contributed by atoms with Crippen LogP contribution in [0.3, 0.4) is 0 Å². The third kappa shape index (κ3) is 6.05. The summed E-state index contributed by atoms with van der Waals surface area (Å²) in [6.45, 7) is 16.2. The SMILES string of the molecule is CC1CC2CC(C(=O)COC(=O)C(CC(C)(C)C)C(C)(C)C)(C1)CC(C)OC2=O. The predicted molar refractivity (Wildman–Crippen MR) is 112 cm³/mol. The number of fused-ring (bicyclic) bond motifs is 2. The monoisotopic (exact) mass is 408 g/mol. The molecule has 2 bridgehead atoms. The molecule has 0 N–H and O–H groups in total. The van der Waals surface area contributed by atoms with E-state index < -0.39 is 5.41 Å². The van der Waals surface area contributed by atoms with Crippen molar-refractivity contribution in [1.82, 2.24) is 0 Å². The second kappa shape index (κ2) is 8.39.